The number of likely N-dealkylation sites (tertiary alicyclic amines) is 1. The maximum Gasteiger partial charge on any atom is 0.328 e. The molecule has 0 aromatic heterocycles. The summed E-state index contributed by atoms with van der Waals surface area (Å²) in [6.45, 7) is 4.38. The number of piperidine rings is 1. The molecule has 3 rings (SSSR count). The van der Waals surface area contributed by atoms with Gasteiger partial charge in [-0.2, -0.15) is 0 Å². The standard InChI is InChI=1S/C17H21FN2O4/c1-2-19-8-6-17(7-9-19)20(14(11-24-17)16(22)23)15(21)12-4-3-5-13(18)10-12/h3-5,10,14H,2,6-9,11H2,1H3,(H,22,23)/t14-/m0/s1. The molecule has 0 radical (unpaired) electrons. The first-order valence-electron chi connectivity index (χ1n) is 8.15. The fourth-order valence-corrected chi connectivity index (χ4v) is 3.53. The smallest absolute Gasteiger partial charge is 0.328 e. The number of hydrogen-bond donors (Lipinski definition) is 1. The van der Waals surface area contributed by atoms with Gasteiger partial charge < -0.3 is 14.7 Å². The number of carbonyl (C=O) groups excluding carboxylic acids is 1. The largest absolute Gasteiger partial charge is 0.480 e. The van der Waals surface area contributed by atoms with E-state index >= 15 is 0 Å². The van der Waals surface area contributed by atoms with Gasteiger partial charge in [0.05, 0.1) is 6.61 Å². The van der Waals surface area contributed by atoms with Crippen LogP contribution in [0.5, 0.6) is 0 Å². The van der Waals surface area contributed by atoms with Crippen molar-refractivity contribution in [2.45, 2.75) is 31.5 Å². The molecule has 1 atom stereocenters. The Bertz CT molecular complexity index is 643. The molecule has 130 valence electrons. The van der Waals surface area contributed by atoms with E-state index in [4.69, 9.17) is 4.74 Å². The Morgan fingerprint density at radius 3 is 2.67 bits per heavy atom. The fraction of sp³-hybridized carbons (Fsp3) is 0.529. The zero-order valence-corrected chi connectivity index (χ0v) is 13.6. The molecular formula is C17H21FN2O4. The van der Waals surface area contributed by atoms with Crippen molar-refractivity contribution in [3.63, 3.8) is 0 Å². The third kappa shape index (κ3) is 2.89. The molecule has 7 heteroatoms. The van der Waals surface area contributed by atoms with Crippen LogP contribution in [0.1, 0.15) is 30.1 Å². The Morgan fingerprint density at radius 1 is 1.38 bits per heavy atom. The number of hydrogen-bond acceptors (Lipinski definition) is 4. The Balaban J connectivity index is 1.92. The van der Waals surface area contributed by atoms with Crippen molar-refractivity contribution in [1.82, 2.24) is 9.80 Å². The van der Waals surface area contributed by atoms with E-state index in [-0.39, 0.29) is 12.2 Å². The van der Waals surface area contributed by atoms with Crippen LogP contribution in [0.2, 0.25) is 0 Å². The molecule has 6 nitrogen and oxygen atoms in total. The summed E-state index contributed by atoms with van der Waals surface area (Å²) in [5.41, 5.74) is -0.776. The van der Waals surface area contributed by atoms with E-state index in [0.29, 0.717) is 12.8 Å². The third-order valence-electron chi connectivity index (χ3n) is 4.92. The van der Waals surface area contributed by atoms with Crippen LogP contribution in [0.3, 0.4) is 0 Å². The van der Waals surface area contributed by atoms with Gasteiger partial charge in [0.2, 0.25) is 0 Å². The molecule has 1 N–H and O–H groups in total. The lowest BCUT2D eigenvalue weighted by molar-refractivity contribution is -0.143. The number of amides is 1. The maximum atomic E-state index is 13.5. The van der Waals surface area contributed by atoms with Crippen LogP contribution in [0.4, 0.5) is 4.39 Å². The second-order valence-electron chi connectivity index (χ2n) is 6.23. The highest BCUT2D eigenvalue weighted by atomic mass is 19.1. The summed E-state index contributed by atoms with van der Waals surface area (Å²) in [4.78, 5) is 28.1. The number of aliphatic carboxylic acids is 1. The van der Waals surface area contributed by atoms with Crippen molar-refractivity contribution in [3.05, 3.63) is 35.6 Å². The molecule has 1 amide bonds. The summed E-state index contributed by atoms with van der Waals surface area (Å²) in [6, 6.07) is 4.28. The van der Waals surface area contributed by atoms with Gasteiger partial charge in [0.25, 0.3) is 5.91 Å². The summed E-state index contributed by atoms with van der Waals surface area (Å²) < 4.78 is 19.3. The highest BCUT2D eigenvalue weighted by molar-refractivity contribution is 5.97. The van der Waals surface area contributed by atoms with Crippen LogP contribution in [-0.4, -0.2) is 64.8 Å². The number of carboxylic acids is 1. The summed E-state index contributed by atoms with van der Waals surface area (Å²) in [5.74, 6) is -2.12. The van der Waals surface area contributed by atoms with Crippen LogP contribution >= 0.6 is 0 Å². The number of benzene rings is 1. The van der Waals surface area contributed by atoms with E-state index in [1.807, 2.05) is 0 Å². The van der Waals surface area contributed by atoms with Gasteiger partial charge in [-0.25, -0.2) is 9.18 Å². The average Bonchev–Trinajstić information content (AvgIpc) is 2.94. The first kappa shape index (κ1) is 16.9. The van der Waals surface area contributed by atoms with Crippen LogP contribution in [-0.2, 0) is 9.53 Å². The normalized spacial score (nSPS) is 23.6. The van der Waals surface area contributed by atoms with Crippen molar-refractivity contribution in [3.8, 4) is 0 Å². The predicted molar refractivity (Wildman–Crippen MR) is 84.0 cm³/mol. The van der Waals surface area contributed by atoms with E-state index in [2.05, 4.69) is 11.8 Å². The summed E-state index contributed by atoms with van der Waals surface area (Å²) in [5, 5.41) is 9.49. The van der Waals surface area contributed by atoms with Gasteiger partial charge in [0.1, 0.15) is 11.5 Å². The maximum absolute atomic E-state index is 13.5. The van der Waals surface area contributed by atoms with Gasteiger partial charge in [0, 0.05) is 31.5 Å². The van der Waals surface area contributed by atoms with Crippen molar-refractivity contribution in [1.29, 1.82) is 0 Å². The van der Waals surface area contributed by atoms with E-state index in [1.165, 1.54) is 23.1 Å². The molecule has 2 saturated heterocycles. The lowest BCUT2D eigenvalue weighted by Gasteiger charge is -2.44. The molecule has 2 heterocycles. The Labute approximate surface area is 139 Å². The molecule has 0 aliphatic carbocycles. The Kier molecular flexibility index (Phi) is 4.56. The number of ether oxygens (including phenoxy) is 1. The van der Waals surface area contributed by atoms with Crippen molar-refractivity contribution in [2.24, 2.45) is 0 Å². The van der Waals surface area contributed by atoms with Gasteiger partial charge >= 0.3 is 5.97 Å². The Morgan fingerprint density at radius 2 is 2.08 bits per heavy atom. The summed E-state index contributed by atoms with van der Waals surface area (Å²) >= 11 is 0. The van der Waals surface area contributed by atoms with Crippen molar-refractivity contribution < 1.29 is 23.8 Å². The summed E-state index contributed by atoms with van der Waals surface area (Å²) in [6.07, 6.45) is 1.09. The molecule has 2 fully saturated rings. The monoisotopic (exact) mass is 336 g/mol. The van der Waals surface area contributed by atoms with Gasteiger partial charge in [-0.15, -0.1) is 0 Å². The lowest BCUT2D eigenvalue weighted by atomic mass is 9.96. The number of carbonyl (C=O) groups is 2. The number of carboxylic acid groups (broad SMARTS) is 1. The quantitative estimate of drug-likeness (QED) is 0.907. The van der Waals surface area contributed by atoms with Crippen molar-refractivity contribution in [2.75, 3.05) is 26.2 Å². The molecule has 1 aromatic rings. The molecule has 0 saturated carbocycles. The molecule has 1 aromatic carbocycles. The Hall–Kier alpha value is -1.99. The first-order valence-corrected chi connectivity index (χ1v) is 8.15. The topological polar surface area (TPSA) is 70.1 Å². The molecule has 24 heavy (non-hydrogen) atoms. The minimum absolute atomic E-state index is 0.0392. The number of nitrogens with zero attached hydrogens (tertiary/aromatic N) is 2. The van der Waals surface area contributed by atoms with Crippen LogP contribution in [0.25, 0.3) is 0 Å². The van der Waals surface area contributed by atoms with E-state index in [0.717, 1.165) is 25.7 Å². The number of halogens is 1. The minimum atomic E-state index is -1.10. The van der Waals surface area contributed by atoms with Gasteiger partial charge in [-0.05, 0) is 24.7 Å². The van der Waals surface area contributed by atoms with E-state index in [1.54, 1.807) is 0 Å². The molecule has 1 spiro atoms. The predicted octanol–water partition coefficient (Wildman–Crippen LogP) is 1.56. The molecule has 0 unspecified atom stereocenters. The van der Waals surface area contributed by atoms with Crippen LogP contribution in [0.15, 0.2) is 24.3 Å². The van der Waals surface area contributed by atoms with Gasteiger partial charge in [-0.1, -0.05) is 13.0 Å². The van der Waals surface area contributed by atoms with Gasteiger partial charge in [0.15, 0.2) is 6.04 Å². The SMILES string of the molecule is CCN1CCC2(CC1)OC[C@@H](C(=O)O)N2C(=O)c1cccc(F)c1. The second-order valence-corrected chi connectivity index (χ2v) is 6.23. The van der Waals surface area contributed by atoms with E-state index in [9.17, 15) is 19.1 Å². The molecule has 2 aliphatic rings. The van der Waals surface area contributed by atoms with Gasteiger partial charge in [-0.3, -0.25) is 9.69 Å². The lowest BCUT2D eigenvalue weighted by Crippen LogP contribution is -2.58. The van der Waals surface area contributed by atoms with Crippen LogP contribution < -0.4 is 0 Å². The highest BCUT2D eigenvalue weighted by Gasteiger charge is 2.53. The highest BCUT2D eigenvalue weighted by Crippen LogP contribution is 2.38. The third-order valence-corrected chi connectivity index (χ3v) is 4.92. The zero-order chi connectivity index (χ0) is 17.3. The molecule has 0 bridgehead atoms. The molecular weight excluding hydrogens is 315 g/mol. The fourth-order valence-electron chi connectivity index (χ4n) is 3.53. The number of rotatable bonds is 3. The van der Waals surface area contributed by atoms with E-state index < -0.39 is 29.5 Å². The zero-order valence-electron chi connectivity index (χ0n) is 13.6. The summed E-state index contributed by atoms with van der Waals surface area (Å²) in [7, 11) is 0. The second kappa shape index (κ2) is 6.49. The minimum Gasteiger partial charge on any atom is -0.480 e. The molecule has 2 aliphatic heterocycles. The first-order chi connectivity index (χ1) is 11.5. The average molecular weight is 336 g/mol. The van der Waals surface area contributed by atoms with Crippen LogP contribution in [0, 0.1) is 5.82 Å². The van der Waals surface area contributed by atoms with Crippen molar-refractivity contribution >= 4 is 11.9 Å².